The number of fused-ring (bicyclic) bond motifs is 1. The van der Waals surface area contributed by atoms with E-state index in [0.717, 1.165) is 6.92 Å². The van der Waals surface area contributed by atoms with Gasteiger partial charge >= 0.3 is 5.97 Å². The summed E-state index contributed by atoms with van der Waals surface area (Å²) in [6, 6.07) is 9.98. The molecule has 3 rings (SSSR count). The van der Waals surface area contributed by atoms with Crippen molar-refractivity contribution in [2.75, 3.05) is 11.9 Å². The Hall–Kier alpha value is -3.86. The molecule has 3 aromatic rings. The highest BCUT2D eigenvalue weighted by molar-refractivity contribution is 7.90. The molecule has 2 N–H and O–H groups in total. The smallest absolute Gasteiger partial charge is 0.340 e. The fourth-order valence-electron chi connectivity index (χ4n) is 2.53. The van der Waals surface area contributed by atoms with Crippen molar-refractivity contribution in [2.24, 2.45) is 0 Å². The van der Waals surface area contributed by atoms with Crippen LogP contribution in [-0.4, -0.2) is 42.8 Å². The average Bonchev–Trinajstić information content (AvgIpc) is 2.71. The number of carbonyl (C=O) groups excluding carboxylic acids is 3. The Balaban J connectivity index is 1.61. The topological polar surface area (TPSA) is 144 Å². The first-order valence-corrected chi connectivity index (χ1v) is 10.0. The Morgan fingerprint density at radius 3 is 2.40 bits per heavy atom. The molecule has 0 aliphatic heterocycles. The second-order valence-corrected chi connectivity index (χ2v) is 7.72. The van der Waals surface area contributed by atoms with E-state index in [1.54, 1.807) is 12.1 Å². The fourth-order valence-corrected chi connectivity index (χ4v) is 3.52. The molecule has 0 unspecified atom stereocenters. The van der Waals surface area contributed by atoms with E-state index < -0.39 is 34.4 Å². The molecule has 154 valence electrons. The third-order valence-corrected chi connectivity index (χ3v) is 5.23. The molecule has 2 amide bonds. The zero-order chi connectivity index (χ0) is 21.7. The first kappa shape index (κ1) is 20.9. The zero-order valence-electron chi connectivity index (χ0n) is 15.7. The number of hydrogen-bond donors (Lipinski definition) is 2. The van der Waals surface area contributed by atoms with E-state index in [1.807, 2.05) is 4.72 Å². The van der Waals surface area contributed by atoms with E-state index in [0.29, 0.717) is 11.0 Å². The molecular formula is C19H16N4O6S. The number of benzene rings is 2. The van der Waals surface area contributed by atoms with Gasteiger partial charge in [0.05, 0.1) is 16.0 Å². The number of nitrogens with one attached hydrogen (secondary N) is 2. The van der Waals surface area contributed by atoms with Gasteiger partial charge in [0.15, 0.2) is 6.61 Å². The molecule has 30 heavy (non-hydrogen) atoms. The highest BCUT2D eigenvalue weighted by Gasteiger charge is 2.17. The van der Waals surface area contributed by atoms with E-state index in [-0.39, 0.29) is 16.1 Å². The van der Waals surface area contributed by atoms with Crippen molar-refractivity contribution in [1.29, 1.82) is 0 Å². The van der Waals surface area contributed by atoms with Crippen LogP contribution < -0.4 is 10.0 Å². The normalized spacial score (nSPS) is 11.0. The van der Waals surface area contributed by atoms with Gasteiger partial charge in [-0.05, 0) is 36.4 Å². The van der Waals surface area contributed by atoms with E-state index in [9.17, 15) is 22.8 Å². The molecule has 1 aromatic heterocycles. The monoisotopic (exact) mass is 428 g/mol. The third-order valence-electron chi connectivity index (χ3n) is 3.78. The summed E-state index contributed by atoms with van der Waals surface area (Å²) in [5, 5.41) is 2.48. The van der Waals surface area contributed by atoms with Crippen molar-refractivity contribution in [3.63, 3.8) is 0 Å². The lowest BCUT2D eigenvalue weighted by Gasteiger charge is -2.09. The van der Waals surface area contributed by atoms with Crippen molar-refractivity contribution in [2.45, 2.75) is 11.8 Å². The maximum absolute atomic E-state index is 12.3. The second-order valence-electron chi connectivity index (χ2n) is 6.04. The average molecular weight is 428 g/mol. The lowest BCUT2D eigenvalue weighted by molar-refractivity contribution is -0.119. The van der Waals surface area contributed by atoms with Gasteiger partial charge in [0, 0.05) is 25.0 Å². The number of nitrogens with zero attached hydrogens (tertiary/aromatic N) is 2. The van der Waals surface area contributed by atoms with Crippen LogP contribution in [0.5, 0.6) is 0 Å². The number of anilines is 1. The van der Waals surface area contributed by atoms with Crippen molar-refractivity contribution in [3.05, 3.63) is 60.4 Å². The van der Waals surface area contributed by atoms with Crippen molar-refractivity contribution in [3.8, 4) is 0 Å². The maximum atomic E-state index is 12.3. The summed E-state index contributed by atoms with van der Waals surface area (Å²) in [5.41, 5.74) is 1.35. The number of para-hydroxylation sites is 1. The molecule has 0 spiro atoms. The Morgan fingerprint density at radius 1 is 1.00 bits per heavy atom. The van der Waals surface area contributed by atoms with E-state index in [1.165, 1.54) is 42.7 Å². The number of rotatable bonds is 6. The Bertz CT molecular complexity index is 1220. The van der Waals surface area contributed by atoms with Crippen LogP contribution in [0.25, 0.3) is 11.0 Å². The van der Waals surface area contributed by atoms with Crippen molar-refractivity contribution < 1.29 is 27.5 Å². The van der Waals surface area contributed by atoms with Gasteiger partial charge < -0.3 is 10.1 Å². The number of esters is 1. The zero-order valence-corrected chi connectivity index (χ0v) is 16.5. The van der Waals surface area contributed by atoms with Crippen LogP contribution >= 0.6 is 0 Å². The van der Waals surface area contributed by atoms with Gasteiger partial charge in [-0.25, -0.2) is 17.9 Å². The summed E-state index contributed by atoms with van der Waals surface area (Å²) >= 11 is 0. The quantitative estimate of drug-likeness (QED) is 0.558. The minimum atomic E-state index is -3.97. The molecule has 0 aliphatic rings. The Morgan fingerprint density at radius 2 is 1.70 bits per heavy atom. The summed E-state index contributed by atoms with van der Waals surface area (Å²) in [4.78, 5) is 43.3. The van der Waals surface area contributed by atoms with E-state index in [4.69, 9.17) is 4.74 Å². The summed E-state index contributed by atoms with van der Waals surface area (Å²) in [6.07, 6.45) is 2.94. The van der Waals surface area contributed by atoms with Gasteiger partial charge in [-0.1, -0.05) is 6.07 Å². The van der Waals surface area contributed by atoms with Gasteiger partial charge in [0.25, 0.3) is 15.9 Å². The van der Waals surface area contributed by atoms with Gasteiger partial charge in [-0.3, -0.25) is 19.6 Å². The molecule has 0 aliphatic carbocycles. The molecular weight excluding hydrogens is 412 g/mol. The highest BCUT2D eigenvalue weighted by atomic mass is 32.2. The van der Waals surface area contributed by atoms with E-state index >= 15 is 0 Å². The SMILES string of the molecule is CC(=O)NS(=O)(=O)c1ccc(NC(=O)COC(=O)c2cccc3nccnc23)cc1. The van der Waals surface area contributed by atoms with Crippen LogP contribution in [0.1, 0.15) is 17.3 Å². The van der Waals surface area contributed by atoms with Gasteiger partial charge in [0.2, 0.25) is 5.91 Å². The molecule has 0 saturated heterocycles. The summed E-state index contributed by atoms with van der Waals surface area (Å²) in [7, 11) is -3.97. The predicted molar refractivity (Wildman–Crippen MR) is 106 cm³/mol. The molecule has 0 fully saturated rings. The Kier molecular flexibility index (Phi) is 6.02. The van der Waals surface area contributed by atoms with Gasteiger partial charge in [-0.15, -0.1) is 0 Å². The van der Waals surface area contributed by atoms with Crippen molar-refractivity contribution in [1.82, 2.24) is 14.7 Å². The highest BCUT2D eigenvalue weighted by Crippen LogP contribution is 2.16. The van der Waals surface area contributed by atoms with E-state index in [2.05, 4.69) is 15.3 Å². The number of hydrogen-bond acceptors (Lipinski definition) is 8. The number of ether oxygens (including phenoxy) is 1. The van der Waals surface area contributed by atoms with Crippen LogP contribution in [0.3, 0.4) is 0 Å². The minimum absolute atomic E-state index is 0.140. The second kappa shape index (κ2) is 8.66. The summed E-state index contributed by atoms with van der Waals surface area (Å²) in [6.45, 7) is 0.527. The van der Waals surface area contributed by atoms with Crippen LogP contribution in [0.2, 0.25) is 0 Å². The molecule has 1 heterocycles. The summed E-state index contributed by atoms with van der Waals surface area (Å²) < 4.78 is 30.7. The van der Waals surface area contributed by atoms with Crippen LogP contribution in [-0.2, 0) is 24.3 Å². The predicted octanol–water partition coefficient (Wildman–Crippen LogP) is 1.25. The molecule has 0 bridgehead atoms. The first-order valence-electron chi connectivity index (χ1n) is 8.56. The number of carbonyl (C=O) groups is 3. The van der Waals surface area contributed by atoms with Gasteiger partial charge in [0.1, 0.15) is 5.52 Å². The molecule has 0 atom stereocenters. The lowest BCUT2D eigenvalue weighted by Crippen LogP contribution is -2.28. The molecule has 10 nitrogen and oxygen atoms in total. The van der Waals surface area contributed by atoms with Crippen LogP contribution in [0, 0.1) is 0 Å². The Labute approximate surface area is 171 Å². The molecule has 0 saturated carbocycles. The standard InChI is InChI=1S/C19H16N4O6S/c1-12(24)23-30(27,28)14-7-5-13(6-8-14)22-17(25)11-29-19(26)15-3-2-4-16-18(15)21-10-9-20-16/h2-10H,11H2,1H3,(H,22,25)(H,23,24). The number of amides is 2. The third kappa shape index (κ3) is 4.94. The van der Waals surface area contributed by atoms with Crippen LogP contribution in [0.15, 0.2) is 59.8 Å². The summed E-state index contributed by atoms with van der Waals surface area (Å²) in [5.74, 6) is -2.06. The number of sulfonamides is 1. The molecule has 11 heteroatoms. The fraction of sp³-hybridized carbons (Fsp3) is 0.105. The van der Waals surface area contributed by atoms with Gasteiger partial charge in [-0.2, -0.15) is 0 Å². The molecule has 0 radical (unpaired) electrons. The lowest BCUT2D eigenvalue weighted by atomic mass is 10.2. The maximum Gasteiger partial charge on any atom is 0.340 e. The minimum Gasteiger partial charge on any atom is -0.452 e. The first-order chi connectivity index (χ1) is 14.3. The van der Waals surface area contributed by atoms with Crippen molar-refractivity contribution >= 4 is 44.5 Å². The number of aromatic nitrogens is 2. The largest absolute Gasteiger partial charge is 0.452 e. The van der Waals surface area contributed by atoms with Crippen LogP contribution in [0.4, 0.5) is 5.69 Å². The molecule has 2 aromatic carbocycles.